The highest BCUT2D eigenvalue weighted by molar-refractivity contribution is 14.1. The van der Waals surface area contributed by atoms with Crippen molar-refractivity contribution >= 4 is 51.3 Å². The van der Waals surface area contributed by atoms with Crippen LogP contribution >= 0.6 is 45.5 Å². The van der Waals surface area contributed by atoms with Gasteiger partial charge in [0.2, 0.25) is 0 Å². The van der Waals surface area contributed by atoms with E-state index >= 15 is 0 Å². The lowest BCUT2D eigenvalue weighted by Crippen LogP contribution is -1.89. The Hall–Kier alpha value is -1.05. The minimum atomic E-state index is 0.462. The minimum Gasteiger partial charge on any atom is -0.382 e. The van der Waals surface area contributed by atoms with E-state index in [0.717, 1.165) is 22.4 Å². The molecule has 2 heterocycles. The van der Waals surface area contributed by atoms with Gasteiger partial charge in [0.25, 0.3) is 0 Å². The zero-order valence-corrected chi connectivity index (χ0v) is 13.4. The van der Waals surface area contributed by atoms with Crippen molar-refractivity contribution in [1.29, 1.82) is 0 Å². The van der Waals surface area contributed by atoms with Crippen LogP contribution in [0.1, 0.15) is 0 Å². The van der Waals surface area contributed by atoms with Crippen molar-refractivity contribution in [3.05, 3.63) is 43.6 Å². The largest absolute Gasteiger partial charge is 0.382 e. The first-order chi connectivity index (χ1) is 9.16. The molecule has 0 atom stereocenters. The van der Waals surface area contributed by atoms with Gasteiger partial charge in [-0.25, -0.2) is 0 Å². The van der Waals surface area contributed by atoms with Crippen LogP contribution < -0.4 is 5.73 Å². The molecule has 0 aliphatic heterocycles. The molecular weight excluding hydrogens is 393 g/mol. The molecule has 3 nitrogen and oxygen atoms in total. The second-order valence-electron chi connectivity index (χ2n) is 3.98. The summed E-state index contributed by atoms with van der Waals surface area (Å²) in [5, 5.41) is 9.86. The normalized spacial score (nSPS) is 10.8. The summed E-state index contributed by atoms with van der Waals surface area (Å²) in [5.74, 6) is 0.462. The standard InChI is InChI=1S/C13H9ClIN3S/c14-9-4-2-1-3-8(9)11-12(17-18-13(11)16)7-5-10(15)19-6-7/h1-6H,(H3,16,17,18). The third-order valence-corrected chi connectivity index (χ3v) is 4.91. The number of benzene rings is 1. The van der Waals surface area contributed by atoms with Crippen LogP contribution in [0, 0.1) is 2.88 Å². The van der Waals surface area contributed by atoms with Crippen LogP contribution in [-0.4, -0.2) is 10.2 Å². The molecule has 0 bridgehead atoms. The number of halogens is 2. The van der Waals surface area contributed by atoms with E-state index in [0.29, 0.717) is 10.8 Å². The molecule has 0 spiro atoms. The fraction of sp³-hybridized carbons (Fsp3) is 0. The number of hydrogen-bond donors (Lipinski definition) is 2. The van der Waals surface area contributed by atoms with Gasteiger partial charge in [-0.1, -0.05) is 29.8 Å². The summed E-state index contributed by atoms with van der Waals surface area (Å²) in [6.45, 7) is 0. The average Bonchev–Trinajstić information content (AvgIpc) is 2.96. The number of nitrogen functional groups attached to an aromatic ring is 1. The maximum absolute atomic E-state index is 6.26. The molecule has 1 aromatic carbocycles. The first-order valence-electron chi connectivity index (χ1n) is 5.50. The summed E-state index contributed by atoms with van der Waals surface area (Å²) in [7, 11) is 0. The maximum Gasteiger partial charge on any atom is 0.153 e. The first kappa shape index (κ1) is 13.0. The number of aromatic amines is 1. The maximum atomic E-state index is 6.26. The van der Waals surface area contributed by atoms with Gasteiger partial charge in [0.1, 0.15) is 0 Å². The van der Waals surface area contributed by atoms with Gasteiger partial charge in [-0.2, -0.15) is 5.10 Å². The monoisotopic (exact) mass is 401 g/mol. The van der Waals surface area contributed by atoms with E-state index in [-0.39, 0.29) is 0 Å². The highest BCUT2D eigenvalue weighted by atomic mass is 127. The van der Waals surface area contributed by atoms with Gasteiger partial charge < -0.3 is 5.73 Å². The van der Waals surface area contributed by atoms with Crippen molar-refractivity contribution in [3.8, 4) is 22.4 Å². The molecule has 0 saturated heterocycles. The second kappa shape index (κ2) is 5.15. The Morgan fingerprint density at radius 2 is 2.11 bits per heavy atom. The van der Waals surface area contributed by atoms with Crippen LogP contribution in [0.2, 0.25) is 5.02 Å². The predicted molar refractivity (Wildman–Crippen MR) is 89.5 cm³/mol. The molecular formula is C13H9ClIN3S. The summed E-state index contributed by atoms with van der Waals surface area (Å²) in [6.07, 6.45) is 0. The topological polar surface area (TPSA) is 54.7 Å². The Kier molecular flexibility index (Phi) is 3.51. The van der Waals surface area contributed by atoms with Gasteiger partial charge in [0.15, 0.2) is 5.82 Å². The van der Waals surface area contributed by atoms with E-state index in [1.165, 1.54) is 2.88 Å². The number of nitrogens with one attached hydrogen (secondary N) is 1. The quantitative estimate of drug-likeness (QED) is 0.614. The van der Waals surface area contributed by atoms with Crippen LogP contribution in [0.15, 0.2) is 35.7 Å². The highest BCUT2D eigenvalue weighted by Crippen LogP contribution is 2.39. The number of nitrogens with zero attached hydrogens (tertiary/aromatic N) is 1. The fourth-order valence-electron chi connectivity index (χ4n) is 1.94. The van der Waals surface area contributed by atoms with Crippen molar-refractivity contribution < 1.29 is 0 Å². The third-order valence-electron chi connectivity index (χ3n) is 2.79. The van der Waals surface area contributed by atoms with Crippen molar-refractivity contribution in [1.82, 2.24) is 10.2 Å². The van der Waals surface area contributed by atoms with Gasteiger partial charge in [0, 0.05) is 21.5 Å². The minimum absolute atomic E-state index is 0.462. The molecule has 0 fully saturated rings. The lowest BCUT2D eigenvalue weighted by atomic mass is 10.0. The van der Waals surface area contributed by atoms with Gasteiger partial charge in [-0.3, -0.25) is 5.10 Å². The zero-order chi connectivity index (χ0) is 13.4. The Labute approximate surface area is 132 Å². The molecule has 0 aliphatic rings. The number of aromatic nitrogens is 2. The number of rotatable bonds is 2. The Bertz CT molecular complexity index is 735. The van der Waals surface area contributed by atoms with Gasteiger partial charge in [-0.15, -0.1) is 11.3 Å². The zero-order valence-electron chi connectivity index (χ0n) is 9.65. The second-order valence-corrected chi connectivity index (χ2v) is 7.19. The molecule has 19 heavy (non-hydrogen) atoms. The molecule has 3 N–H and O–H groups in total. The van der Waals surface area contributed by atoms with E-state index in [2.05, 4.69) is 44.2 Å². The SMILES string of the molecule is Nc1n[nH]c(-c2csc(I)c2)c1-c1ccccc1Cl. The van der Waals surface area contributed by atoms with E-state index in [1.807, 2.05) is 24.3 Å². The lowest BCUT2D eigenvalue weighted by molar-refractivity contribution is 1.10. The smallest absolute Gasteiger partial charge is 0.153 e. The van der Waals surface area contributed by atoms with E-state index in [9.17, 15) is 0 Å². The van der Waals surface area contributed by atoms with Crippen LogP contribution in [0.25, 0.3) is 22.4 Å². The van der Waals surface area contributed by atoms with Gasteiger partial charge in [0.05, 0.1) is 14.1 Å². The third kappa shape index (κ3) is 2.37. The van der Waals surface area contributed by atoms with Gasteiger partial charge in [-0.05, 0) is 34.7 Å². The molecule has 96 valence electrons. The molecule has 0 radical (unpaired) electrons. The predicted octanol–water partition coefficient (Wildman–Crippen LogP) is 4.65. The molecule has 0 aliphatic carbocycles. The summed E-state index contributed by atoms with van der Waals surface area (Å²) >= 11 is 10.2. The average molecular weight is 402 g/mol. The molecule has 3 rings (SSSR count). The first-order valence-corrected chi connectivity index (χ1v) is 7.83. The number of thiophene rings is 1. The number of H-pyrrole nitrogens is 1. The van der Waals surface area contributed by atoms with Crippen LogP contribution in [0.4, 0.5) is 5.82 Å². The number of hydrogen-bond acceptors (Lipinski definition) is 3. The molecule has 0 amide bonds. The van der Waals surface area contributed by atoms with Crippen LogP contribution in [0.5, 0.6) is 0 Å². The van der Waals surface area contributed by atoms with Gasteiger partial charge >= 0.3 is 0 Å². The van der Waals surface area contributed by atoms with E-state index in [1.54, 1.807) is 11.3 Å². The van der Waals surface area contributed by atoms with Crippen LogP contribution in [-0.2, 0) is 0 Å². The molecule has 0 saturated carbocycles. The van der Waals surface area contributed by atoms with Crippen molar-refractivity contribution in [2.75, 3.05) is 5.73 Å². The fourth-order valence-corrected chi connectivity index (χ4v) is 3.51. The summed E-state index contributed by atoms with van der Waals surface area (Å²) in [5.41, 5.74) is 9.73. The Morgan fingerprint density at radius 1 is 1.32 bits per heavy atom. The summed E-state index contributed by atoms with van der Waals surface area (Å²) < 4.78 is 1.21. The summed E-state index contributed by atoms with van der Waals surface area (Å²) in [6, 6.07) is 9.73. The van der Waals surface area contributed by atoms with E-state index in [4.69, 9.17) is 17.3 Å². The van der Waals surface area contributed by atoms with Crippen molar-refractivity contribution in [2.45, 2.75) is 0 Å². The lowest BCUT2D eigenvalue weighted by Gasteiger charge is -2.05. The molecule has 0 unspecified atom stereocenters. The Balaban J connectivity index is 2.22. The van der Waals surface area contributed by atoms with Crippen molar-refractivity contribution in [3.63, 3.8) is 0 Å². The van der Waals surface area contributed by atoms with Crippen LogP contribution in [0.3, 0.4) is 0 Å². The molecule has 6 heteroatoms. The molecule has 3 aromatic rings. The van der Waals surface area contributed by atoms with E-state index < -0.39 is 0 Å². The number of nitrogens with two attached hydrogens (primary N) is 1. The highest BCUT2D eigenvalue weighted by Gasteiger charge is 2.17. The van der Waals surface area contributed by atoms with Crippen molar-refractivity contribution in [2.24, 2.45) is 0 Å². The summed E-state index contributed by atoms with van der Waals surface area (Å²) in [4.78, 5) is 0. The Morgan fingerprint density at radius 3 is 2.79 bits per heavy atom. The number of anilines is 1. The molecule has 2 aromatic heterocycles.